The van der Waals surface area contributed by atoms with Crippen molar-refractivity contribution in [2.24, 2.45) is 0 Å². The van der Waals surface area contributed by atoms with Gasteiger partial charge in [0.15, 0.2) is 5.82 Å². The Labute approximate surface area is 163 Å². The van der Waals surface area contributed by atoms with E-state index in [-0.39, 0.29) is 28.6 Å². The molecule has 0 fully saturated rings. The molecule has 1 amide bonds. The van der Waals surface area contributed by atoms with Gasteiger partial charge in [0.25, 0.3) is 6.43 Å². The first-order chi connectivity index (χ1) is 13.3. The number of benzene rings is 1. The van der Waals surface area contributed by atoms with Gasteiger partial charge in [0.2, 0.25) is 5.91 Å². The normalized spacial score (nSPS) is 12.4. The Morgan fingerprint density at radius 2 is 2.04 bits per heavy atom. The highest BCUT2D eigenvalue weighted by Gasteiger charge is 2.22. The second-order valence-electron chi connectivity index (χ2n) is 6.22. The van der Waals surface area contributed by atoms with E-state index in [9.17, 15) is 18.0 Å². The minimum atomic E-state index is -2.71. The average molecular weight is 412 g/mol. The van der Waals surface area contributed by atoms with Gasteiger partial charge in [-0.1, -0.05) is 17.7 Å². The van der Waals surface area contributed by atoms with Crippen LogP contribution in [0.3, 0.4) is 0 Å². The maximum Gasteiger partial charge on any atom is 0.282 e. The Morgan fingerprint density at radius 1 is 1.29 bits per heavy atom. The number of hydrogen-bond acceptors (Lipinski definition) is 3. The van der Waals surface area contributed by atoms with E-state index in [0.717, 1.165) is 0 Å². The Kier molecular flexibility index (Phi) is 5.73. The lowest BCUT2D eigenvalue weighted by Gasteiger charge is -2.13. The van der Waals surface area contributed by atoms with Crippen LogP contribution in [-0.2, 0) is 11.3 Å². The van der Waals surface area contributed by atoms with Crippen molar-refractivity contribution in [1.29, 1.82) is 0 Å². The van der Waals surface area contributed by atoms with Crippen LogP contribution in [0.2, 0.25) is 5.02 Å². The third-order valence-corrected chi connectivity index (χ3v) is 4.54. The van der Waals surface area contributed by atoms with Crippen LogP contribution in [0, 0.1) is 12.7 Å². The van der Waals surface area contributed by atoms with Crippen LogP contribution in [0.15, 0.2) is 36.5 Å². The fourth-order valence-corrected chi connectivity index (χ4v) is 2.94. The van der Waals surface area contributed by atoms with Crippen molar-refractivity contribution in [3.05, 3.63) is 64.3 Å². The van der Waals surface area contributed by atoms with Crippen LogP contribution < -0.4 is 5.32 Å². The summed E-state index contributed by atoms with van der Waals surface area (Å²) in [6.45, 7) is 3.23. The molecule has 3 rings (SSSR count). The van der Waals surface area contributed by atoms with Gasteiger partial charge in [-0.15, -0.1) is 0 Å². The van der Waals surface area contributed by atoms with Gasteiger partial charge in [-0.3, -0.25) is 14.2 Å². The minimum Gasteiger partial charge on any atom is -0.307 e. The zero-order valence-corrected chi connectivity index (χ0v) is 15.8. The van der Waals surface area contributed by atoms with E-state index in [1.807, 2.05) is 0 Å². The standard InChI is InChI=1S/C18H17ClF3N5O/c1-10-8-15(17(21)22)24-27(10)11(2)18(28)23-16-6-7-26(25-16)9-12-13(19)4-3-5-14(12)20/h3-8,11,17H,9H2,1-2H3,(H,23,25,28). The van der Waals surface area contributed by atoms with E-state index in [1.165, 1.54) is 27.6 Å². The van der Waals surface area contributed by atoms with Crippen molar-refractivity contribution in [2.45, 2.75) is 32.9 Å². The fourth-order valence-electron chi connectivity index (χ4n) is 2.71. The van der Waals surface area contributed by atoms with E-state index in [2.05, 4.69) is 15.5 Å². The number of hydrogen-bond donors (Lipinski definition) is 1. The first-order valence-corrected chi connectivity index (χ1v) is 8.75. The molecule has 0 saturated heterocycles. The molecule has 0 saturated carbocycles. The first-order valence-electron chi connectivity index (χ1n) is 8.37. The number of rotatable bonds is 6. The van der Waals surface area contributed by atoms with Gasteiger partial charge in [-0.2, -0.15) is 10.2 Å². The molecular formula is C18H17ClF3N5O. The maximum atomic E-state index is 13.9. The summed E-state index contributed by atoms with van der Waals surface area (Å²) >= 11 is 6.01. The van der Waals surface area contributed by atoms with Crippen molar-refractivity contribution in [3.63, 3.8) is 0 Å². The summed E-state index contributed by atoms with van der Waals surface area (Å²) in [5.41, 5.74) is 0.339. The van der Waals surface area contributed by atoms with Crippen molar-refractivity contribution in [2.75, 3.05) is 5.32 Å². The van der Waals surface area contributed by atoms with Crippen LogP contribution >= 0.6 is 11.6 Å². The van der Waals surface area contributed by atoms with Crippen molar-refractivity contribution >= 4 is 23.3 Å². The maximum absolute atomic E-state index is 13.9. The Balaban J connectivity index is 1.70. The number of halogens is 4. The molecule has 28 heavy (non-hydrogen) atoms. The lowest BCUT2D eigenvalue weighted by Crippen LogP contribution is -2.25. The number of carbonyl (C=O) groups excluding carboxylic acids is 1. The molecule has 2 heterocycles. The van der Waals surface area contributed by atoms with E-state index in [0.29, 0.717) is 5.69 Å². The first kappa shape index (κ1) is 19.9. The number of nitrogens with zero attached hydrogens (tertiary/aromatic N) is 4. The van der Waals surface area contributed by atoms with Crippen LogP contribution in [0.5, 0.6) is 0 Å². The zero-order chi connectivity index (χ0) is 20.4. The number of aromatic nitrogens is 4. The average Bonchev–Trinajstić information content (AvgIpc) is 3.24. The molecule has 0 aliphatic rings. The monoisotopic (exact) mass is 411 g/mol. The second-order valence-corrected chi connectivity index (χ2v) is 6.63. The highest BCUT2D eigenvalue weighted by Crippen LogP contribution is 2.22. The molecule has 10 heteroatoms. The van der Waals surface area contributed by atoms with Gasteiger partial charge in [-0.05, 0) is 32.0 Å². The van der Waals surface area contributed by atoms with Crippen molar-refractivity contribution in [1.82, 2.24) is 19.6 Å². The molecule has 1 aromatic carbocycles. The van der Waals surface area contributed by atoms with E-state index < -0.39 is 24.2 Å². The van der Waals surface area contributed by atoms with Crippen LogP contribution in [0.4, 0.5) is 19.0 Å². The number of amides is 1. The Bertz CT molecular complexity index is 981. The molecule has 0 radical (unpaired) electrons. The molecule has 0 spiro atoms. The van der Waals surface area contributed by atoms with E-state index in [4.69, 9.17) is 11.6 Å². The Morgan fingerprint density at radius 3 is 2.68 bits per heavy atom. The second kappa shape index (κ2) is 8.05. The summed E-state index contributed by atoms with van der Waals surface area (Å²) in [5, 5.41) is 10.8. The molecular weight excluding hydrogens is 395 g/mol. The molecule has 6 nitrogen and oxygen atoms in total. The van der Waals surface area contributed by atoms with Gasteiger partial charge >= 0.3 is 0 Å². The van der Waals surface area contributed by atoms with Crippen LogP contribution in [-0.4, -0.2) is 25.5 Å². The van der Waals surface area contributed by atoms with E-state index in [1.54, 1.807) is 32.2 Å². The molecule has 148 valence electrons. The van der Waals surface area contributed by atoms with Crippen molar-refractivity contribution < 1.29 is 18.0 Å². The predicted octanol–water partition coefficient (Wildman–Crippen LogP) is 4.37. The summed E-state index contributed by atoms with van der Waals surface area (Å²) in [5.74, 6) is -0.685. The highest BCUT2D eigenvalue weighted by atomic mass is 35.5. The summed E-state index contributed by atoms with van der Waals surface area (Å²) < 4.78 is 42.1. The van der Waals surface area contributed by atoms with Crippen LogP contribution in [0.25, 0.3) is 0 Å². The molecule has 0 bridgehead atoms. The minimum absolute atomic E-state index is 0.0902. The SMILES string of the molecule is Cc1cc(C(F)F)nn1C(C)C(=O)Nc1ccn(Cc2c(F)cccc2Cl)n1. The lowest BCUT2D eigenvalue weighted by molar-refractivity contribution is -0.119. The zero-order valence-electron chi connectivity index (χ0n) is 15.0. The summed E-state index contributed by atoms with van der Waals surface area (Å²) in [6, 6.07) is 6.34. The van der Waals surface area contributed by atoms with E-state index >= 15 is 0 Å². The highest BCUT2D eigenvalue weighted by molar-refractivity contribution is 6.31. The molecule has 3 aromatic rings. The van der Waals surface area contributed by atoms with Crippen LogP contribution in [0.1, 0.15) is 36.3 Å². The smallest absolute Gasteiger partial charge is 0.282 e. The molecule has 0 aliphatic carbocycles. The predicted molar refractivity (Wildman–Crippen MR) is 98.0 cm³/mol. The topological polar surface area (TPSA) is 64.7 Å². The molecule has 1 unspecified atom stereocenters. The molecule has 1 N–H and O–H groups in total. The van der Waals surface area contributed by atoms with Gasteiger partial charge in [0, 0.05) is 28.5 Å². The van der Waals surface area contributed by atoms with Gasteiger partial charge < -0.3 is 5.32 Å². The van der Waals surface area contributed by atoms with Gasteiger partial charge in [0.05, 0.1) is 6.54 Å². The fraction of sp³-hybridized carbons (Fsp3) is 0.278. The molecule has 2 aromatic heterocycles. The summed E-state index contributed by atoms with van der Waals surface area (Å²) in [6.07, 6.45) is -1.15. The molecule has 1 atom stereocenters. The Hall–Kier alpha value is -2.81. The number of alkyl halides is 2. The third kappa shape index (κ3) is 4.19. The number of anilines is 1. The largest absolute Gasteiger partial charge is 0.307 e. The molecule has 0 aliphatic heterocycles. The number of nitrogens with one attached hydrogen (secondary N) is 1. The summed E-state index contributed by atoms with van der Waals surface area (Å²) in [7, 11) is 0. The lowest BCUT2D eigenvalue weighted by atomic mass is 10.2. The van der Waals surface area contributed by atoms with Gasteiger partial charge in [0.1, 0.15) is 17.6 Å². The third-order valence-electron chi connectivity index (χ3n) is 4.18. The quantitative estimate of drug-likeness (QED) is 0.655. The number of carbonyl (C=O) groups is 1. The summed E-state index contributed by atoms with van der Waals surface area (Å²) in [4.78, 5) is 12.4. The number of aryl methyl sites for hydroxylation is 1. The van der Waals surface area contributed by atoms with Crippen molar-refractivity contribution in [3.8, 4) is 0 Å². The van der Waals surface area contributed by atoms with Gasteiger partial charge in [-0.25, -0.2) is 13.2 Å².